The van der Waals surface area contributed by atoms with Gasteiger partial charge in [-0.25, -0.2) is 13.6 Å². The summed E-state index contributed by atoms with van der Waals surface area (Å²) in [7, 11) is 1.38. The lowest BCUT2D eigenvalue weighted by Gasteiger charge is -2.28. The van der Waals surface area contributed by atoms with Gasteiger partial charge in [0.1, 0.15) is 0 Å². The summed E-state index contributed by atoms with van der Waals surface area (Å²) in [6.07, 6.45) is 2.87. The first-order chi connectivity index (χ1) is 16.4. The molecule has 1 N–H and O–H groups in total. The molecule has 1 fully saturated rings. The molecule has 178 valence electrons. The lowest BCUT2D eigenvalue weighted by Crippen LogP contribution is -2.17. The van der Waals surface area contributed by atoms with Gasteiger partial charge in [0.2, 0.25) is 5.82 Å². The van der Waals surface area contributed by atoms with E-state index < -0.39 is 29.2 Å². The lowest BCUT2D eigenvalue weighted by atomic mass is 9.79. The molecule has 3 aromatic rings. The van der Waals surface area contributed by atoms with Gasteiger partial charge < -0.3 is 14.6 Å². The molecule has 1 saturated carbocycles. The molecule has 0 radical (unpaired) electrons. The van der Waals surface area contributed by atoms with Crippen LogP contribution in [0.4, 0.5) is 13.2 Å². The van der Waals surface area contributed by atoms with Crippen LogP contribution in [0, 0.1) is 23.4 Å². The zero-order valence-corrected chi connectivity index (χ0v) is 18.7. The number of methoxy groups -OCH3 is 1. The number of ether oxygens (including phenoxy) is 2. The summed E-state index contributed by atoms with van der Waals surface area (Å²) in [5.74, 6) is -3.81. The van der Waals surface area contributed by atoms with E-state index in [1.807, 2.05) is 0 Å². The average molecular weight is 470 g/mol. The summed E-state index contributed by atoms with van der Waals surface area (Å²) in [6, 6.07) is 13.4. The number of aliphatic hydroxyl groups is 1. The van der Waals surface area contributed by atoms with E-state index >= 15 is 0 Å². The molecule has 7 heteroatoms. The second-order valence-electron chi connectivity index (χ2n) is 8.50. The number of halogens is 3. The average Bonchev–Trinajstić information content (AvgIpc) is 2.87. The first-order valence-electron chi connectivity index (χ1n) is 11.2. The predicted molar refractivity (Wildman–Crippen MR) is 121 cm³/mol. The highest BCUT2D eigenvalue weighted by Gasteiger charge is 2.27. The van der Waals surface area contributed by atoms with Crippen LogP contribution in [0.2, 0.25) is 0 Å². The number of hydrogen-bond donors (Lipinski definition) is 1. The SMILES string of the molecule is COc1ccc(-c2ccc(C(=O)Oc3ccc(C4CCC(CO)CC4)c(F)c3F)cc2)cc1F. The van der Waals surface area contributed by atoms with Crippen LogP contribution in [0.5, 0.6) is 11.5 Å². The van der Waals surface area contributed by atoms with Crippen molar-refractivity contribution in [2.45, 2.75) is 31.6 Å². The molecular weight excluding hydrogens is 445 g/mol. The minimum absolute atomic E-state index is 0.108. The molecule has 1 aliphatic rings. The fraction of sp³-hybridized carbons (Fsp3) is 0.296. The van der Waals surface area contributed by atoms with Crippen LogP contribution >= 0.6 is 0 Å². The van der Waals surface area contributed by atoms with Gasteiger partial charge in [0.25, 0.3) is 0 Å². The third-order valence-corrected chi connectivity index (χ3v) is 6.43. The minimum atomic E-state index is -1.19. The smallest absolute Gasteiger partial charge is 0.343 e. The summed E-state index contributed by atoms with van der Waals surface area (Å²) < 4.78 is 53.4. The monoisotopic (exact) mass is 470 g/mol. The summed E-state index contributed by atoms with van der Waals surface area (Å²) in [5, 5.41) is 9.26. The Morgan fingerprint density at radius 3 is 2.15 bits per heavy atom. The third-order valence-electron chi connectivity index (χ3n) is 6.43. The third kappa shape index (κ3) is 4.94. The molecule has 1 aliphatic carbocycles. The van der Waals surface area contributed by atoms with Crippen molar-refractivity contribution in [2.24, 2.45) is 5.92 Å². The molecule has 0 aliphatic heterocycles. The van der Waals surface area contributed by atoms with Gasteiger partial charge >= 0.3 is 5.97 Å². The van der Waals surface area contributed by atoms with Crippen LogP contribution in [0.15, 0.2) is 54.6 Å². The van der Waals surface area contributed by atoms with Crippen molar-refractivity contribution in [1.82, 2.24) is 0 Å². The van der Waals surface area contributed by atoms with Crippen molar-refractivity contribution in [3.05, 3.63) is 83.2 Å². The Morgan fingerprint density at radius 1 is 0.882 bits per heavy atom. The van der Waals surface area contributed by atoms with E-state index in [2.05, 4.69) is 0 Å². The maximum Gasteiger partial charge on any atom is 0.343 e. The molecular formula is C27H25F3O4. The summed E-state index contributed by atoms with van der Waals surface area (Å²) in [5.41, 5.74) is 1.67. The summed E-state index contributed by atoms with van der Waals surface area (Å²) in [6.45, 7) is 0.108. The summed E-state index contributed by atoms with van der Waals surface area (Å²) in [4.78, 5) is 12.5. The van der Waals surface area contributed by atoms with Crippen LogP contribution < -0.4 is 9.47 Å². The first kappa shape index (κ1) is 23.8. The molecule has 0 saturated heterocycles. The Hall–Kier alpha value is -3.32. The topological polar surface area (TPSA) is 55.8 Å². The molecule has 34 heavy (non-hydrogen) atoms. The van der Waals surface area contributed by atoms with Gasteiger partial charge in [-0.1, -0.05) is 24.3 Å². The van der Waals surface area contributed by atoms with Crippen molar-refractivity contribution >= 4 is 5.97 Å². The molecule has 4 nitrogen and oxygen atoms in total. The first-order valence-corrected chi connectivity index (χ1v) is 11.2. The highest BCUT2D eigenvalue weighted by atomic mass is 19.2. The quantitative estimate of drug-likeness (QED) is 0.341. The molecule has 0 unspecified atom stereocenters. The number of esters is 1. The Balaban J connectivity index is 1.46. The van der Waals surface area contributed by atoms with Crippen molar-refractivity contribution in [1.29, 1.82) is 0 Å². The van der Waals surface area contributed by atoms with E-state index in [9.17, 15) is 23.1 Å². The van der Waals surface area contributed by atoms with Gasteiger partial charge in [0.15, 0.2) is 23.1 Å². The largest absolute Gasteiger partial charge is 0.494 e. The van der Waals surface area contributed by atoms with Crippen LogP contribution in [0.25, 0.3) is 11.1 Å². The number of carbonyl (C=O) groups excluding carboxylic acids is 1. The number of hydrogen-bond acceptors (Lipinski definition) is 4. The Kier molecular flexibility index (Phi) is 7.22. The number of benzene rings is 3. The molecule has 0 heterocycles. The maximum atomic E-state index is 14.8. The molecule has 0 amide bonds. The molecule has 0 spiro atoms. The van der Waals surface area contributed by atoms with Gasteiger partial charge in [-0.3, -0.25) is 0 Å². The van der Waals surface area contributed by atoms with E-state index in [4.69, 9.17) is 9.47 Å². The van der Waals surface area contributed by atoms with Gasteiger partial charge in [0, 0.05) is 6.61 Å². The zero-order valence-electron chi connectivity index (χ0n) is 18.7. The van der Waals surface area contributed by atoms with E-state index in [1.165, 1.54) is 43.5 Å². The lowest BCUT2D eigenvalue weighted by molar-refractivity contribution is 0.0726. The van der Waals surface area contributed by atoms with Gasteiger partial charge in [-0.05, 0) is 84.5 Å². The summed E-state index contributed by atoms with van der Waals surface area (Å²) >= 11 is 0. The van der Waals surface area contributed by atoms with Crippen molar-refractivity contribution in [3.8, 4) is 22.6 Å². The molecule has 4 rings (SSSR count). The predicted octanol–water partition coefficient (Wildman–Crippen LogP) is 6.26. The molecule has 0 atom stereocenters. The van der Waals surface area contributed by atoms with E-state index in [0.29, 0.717) is 24.0 Å². The Labute approximate surface area is 196 Å². The molecule has 0 bridgehead atoms. The number of carbonyl (C=O) groups is 1. The fourth-order valence-corrected chi connectivity index (χ4v) is 4.40. The van der Waals surface area contributed by atoms with Crippen molar-refractivity contribution in [2.75, 3.05) is 13.7 Å². The maximum absolute atomic E-state index is 14.8. The van der Waals surface area contributed by atoms with E-state index in [0.717, 1.165) is 12.8 Å². The number of rotatable bonds is 6. The van der Waals surface area contributed by atoms with Crippen molar-refractivity contribution < 1.29 is 32.5 Å². The second-order valence-corrected chi connectivity index (χ2v) is 8.50. The van der Waals surface area contributed by atoms with E-state index in [1.54, 1.807) is 18.2 Å². The number of aliphatic hydroxyl groups excluding tert-OH is 1. The second kappa shape index (κ2) is 10.3. The van der Waals surface area contributed by atoms with Gasteiger partial charge in [0.05, 0.1) is 12.7 Å². The minimum Gasteiger partial charge on any atom is -0.494 e. The molecule has 0 aromatic heterocycles. The van der Waals surface area contributed by atoms with Crippen LogP contribution in [-0.2, 0) is 0 Å². The van der Waals surface area contributed by atoms with Crippen LogP contribution in [0.3, 0.4) is 0 Å². The fourth-order valence-electron chi connectivity index (χ4n) is 4.40. The zero-order chi connectivity index (χ0) is 24.2. The van der Waals surface area contributed by atoms with Gasteiger partial charge in [-0.15, -0.1) is 0 Å². The van der Waals surface area contributed by atoms with Crippen LogP contribution in [-0.4, -0.2) is 24.8 Å². The highest BCUT2D eigenvalue weighted by molar-refractivity contribution is 5.91. The van der Waals surface area contributed by atoms with Crippen LogP contribution in [0.1, 0.15) is 47.5 Å². The van der Waals surface area contributed by atoms with Gasteiger partial charge in [-0.2, -0.15) is 4.39 Å². The normalized spacial score (nSPS) is 17.9. The Bertz CT molecular complexity index is 1170. The Morgan fingerprint density at radius 2 is 1.53 bits per heavy atom. The van der Waals surface area contributed by atoms with E-state index in [-0.39, 0.29) is 35.3 Å². The van der Waals surface area contributed by atoms with Crippen molar-refractivity contribution in [3.63, 3.8) is 0 Å². The highest BCUT2D eigenvalue weighted by Crippen LogP contribution is 2.38. The molecule has 3 aromatic carbocycles. The standard InChI is InChI=1S/C27H25F3O4/c1-33-23-12-10-20(14-22(23)28)17-6-8-19(9-7-17)27(32)34-24-13-11-21(25(29)26(24)30)18-4-2-16(15-31)3-5-18/h6-14,16,18,31H,2-5,15H2,1H3.